The van der Waals surface area contributed by atoms with E-state index in [1.54, 1.807) is 18.2 Å². The number of amides is 2. The van der Waals surface area contributed by atoms with Crippen LogP contribution in [0.2, 0.25) is 0 Å². The van der Waals surface area contributed by atoms with Gasteiger partial charge in [-0.3, -0.25) is 23.9 Å². The molecular weight excluding hydrogens is 827 g/mol. The average molecular weight is 864 g/mol. The van der Waals surface area contributed by atoms with Gasteiger partial charge in [-0.15, -0.1) is 0 Å². The second kappa shape index (κ2) is 20.2. The molecule has 310 valence electrons. The number of phosphoric ester groups is 1. The molecule has 1 aliphatic rings. The Labute approximate surface area is 321 Å². The minimum absolute atomic E-state index is 0.0357. The van der Waals surface area contributed by atoms with Crippen molar-refractivity contribution in [1.82, 2.24) is 25.2 Å². The number of phosphoric acid groups is 3. The first-order valence-corrected chi connectivity index (χ1v) is 20.7. The van der Waals surface area contributed by atoms with Gasteiger partial charge in [-0.25, -0.2) is 13.7 Å². The van der Waals surface area contributed by atoms with Crippen molar-refractivity contribution in [2.24, 2.45) is 5.11 Å². The fourth-order valence-corrected chi connectivity index (χ4v) is 7.98. The van der Waals surface area contributed by atoms with Crippen molar-refractivity contribution in [3.8, 4) is 17.6 Å². The van der Waals surface area contributed by atoms with Crippen molar-refractivity contribution in [2.75, 3.05) is 52.4 Å². The number of hydrogen-bond acceptors (Lipinski definition) is 16. The number of nitrogens with zero attached hydrogens (tertiary/aromatic N) is 5. The van der Waals surface area contributed by atoms with E-state index >= 15 is 0 Å². The van der Waals surface area contributed by atoms with E-state index in [2.05, 4.69) is 55.6 Å². The predicted molar refractivity (Wildman–Crippen MR) is 193 cm³/mol. The van der Waals surface area contributed by atoms with Crippen LogP contribution in [0.25, 0.3) is 21.5 Å². The summed E-state index contributed by atoms with van der Waals surface area (Å²) in [6.45, 7) is -1.49. The van der Waals surface area contributed by atoms with Gasteiger partial charge in [-0.05, 0) is 36.6 Å². The number of aromatic amines is 1. The molecule has 0 aliphatic carbocycles. The molecule has 3 heterocycles. The number of rotatable bonds is 20. The molecule has 0 radical (unpaired) electrons. The van der Waals surface area contributed by atoms with Crippen LogP contribution in [-0.2, 0) is 45.8 Å². The maximum Gasteiger partial charge on any atom is 0.490 e. The van der Waals surface area contributed by atoms with Gasteiger partial charge in [0.05, 0.1) is 43.4 Å². The summed E-state index contributed by atoms with van der Waals surface area (Å²) in [5.41, 5.74) is 14.6. The number of carbonyl (C=O) groups is 2. The molecule has 9 N–H and O–H groups in total. The molecule has 4 rings (SSSR count). The number of nitrogen functional groups attached to an aromatic ring is 1. The molecule has 0 bridgehead atoms. The molecule has 5 atom stereocenters. The smallest absolute Gasteiger partial charge is 0.490 e. The highest BCUT2D eigenvalue weighted by molar-refractivity contribution is 7.66. The van der Waals surface area contributed by atoms with Crippen LogP contribution in [0.5, 0.6) is 5.75 Å². The van der Waals surface area contributed by atoms with Crippen molar-refractivity contribution in [3.05, 3.63) is 62.4 Å². The number of azide groups is 1. The minimum atomic E-state index is -5.70. The fraction of sp³-hybridized carbons (Fsp3) is 0.429. The van der Waals surface area contributed by atoms with Crippen LogP contribution in [-0.4, -0.2) is 105 Å². The van der Waals surface area contributed by atoms with Gasteiger partial charge in [-0.1, -0.05) is 23.0 Å². The summed E-state index contributed by atoms with van der Waals surface area (Å²) < 4.78 is 70.1. The number of ether oxygens (including phenoxy) is 4. The van der Waals surface area contributed by atoms with E-state index < -0.39 is 60.1 Å². The number of fused-ring (bicyclic) bond motifs is 1. The summed E-state index contributed by atoms with van der Waals surface area (Å²) in [6.07, 6.45) is -0.908. The molecule has 29 heteroatoms. The molecule has 3 unspecified atom stereocenters. The Balaban J connectivity index is 1.25. The number of nitrogens with two attached hydrogens (primary N) is 1. The Hall–Kier alpha value is -4.66. The second-order valence-electron chi connectivity index (χ2n) is 11.4. The van der Waals surface area contributed by atoms with Gasteiger partial charge in [0, 0.05) is 23.7 Å². The minimum Gasteiger partial charge on any atom is -0.491 e. The third-order valence-electron chi connectivity index (χ3n) is 7.20. The lowest BCUT2D eigenvalue weighted by molar-refractivity contribution is -0.126. The zero-order valence-electron chi connectivity index (χ0n) is 29.5. The Morgan fingerprint density at radius 1 is 1.19 bits per heavy atom. The summed E-state index contributed by atoms with van der Waals surface area (Å²) in [4.78, 5) is 82.6. The molecule has 0 saturated carbocycles. The molecular formula is C28H36N9O17P3. The van der Waals surface area contributed by atoms with Crippen LogP contribution >= 0.6 is 23.5 Å². The zero-order valence-corrected chi connectivity index (χ0v) is 32.2. The molecule has 0 spiro atoms. The summed E-state index contributed by atoms with van der Waals surface area (Å²) in [5.74, 6) is 4.77. The van der Waals surface area contributed by atoms with Crippen LogP contribution in [0, 0.1) is 11.8 Å². The maximum absolute atomic E-state index is 12.8. The topological polar surface area (TPSA) is 380 Å². The first-order chi connectivity index (χ1) is 26.9. The SMILES string of the molecule is CNC(=O)c1cccc(OCC(N=[N+]=[N-])OCCOCC(=O)NCC#Cc2cn([C@H]3CC[C@@H](COP(=O)(O)OP(=O)(O)OP(=O)(O)O)O3)c3nc(N)[nH]c(=O)c23)c1. The van der Waals surface area contributed by atoms with Gasteiger partial charge in [0.15, 0.2) is 11.9 Å². The van der Waals surface area contributed by atoms with E-state index in [1.807, 2.05) is 0 Å². The van der Waals surface area contributed by atoms with E-state index in [0.717, 1.165) is 0 Å². The Morgan fingerprint density at radius 2 is 1.96 bits per heavy atom. The lowest BCUT2D eigenvalue weighted by Crippen LogP contribution is -2.29. The monoisotopic (exact) mass is 863 g/mol. The van der Waals surface area contributed by atoms with Crippen molar-refractivity contribution in [3.63, 3.8) is 0 Å². The van der Waals surface area contributed by atoms with Crippen molar-refractivity contribution < 1.29 is 75.0 Å². The van der Waals surface area contributed by atoms with Crippen LogP contribution in [0.4, 0.5) is 5.95 Å². The van der Waals surface area contributed by atoms with Crippen molar-refractivity contribution in [2.45, 2.75) is 31.4 Å². The van der Waals surface area contributed by atoms with Crippen molar-refractivity contribution >= 4 is 52.3 Å². The van der Waals surface area contributed by atoms with E-state index in [-0.39, 0.29) is 74.3 Å². The van der Waals surface area contributed by atoms with Crippen LogP contribution in [0.15, 0.2) is 40.4 Å². The molecule has 1 aliphatic heterocycles. The third kappa shape index (κ3) is 14.3. The van der Waals surface area contributed by atoms with E-state index in [4.69, 9.17) is 40.0 Å². The number of benzene rings is 1. The molecule has 3 aromatic rings. The summed E-state index contributed by atoms with van der Waals surface area (Å²) in [5, 5.41) is 8.57. The molecule has 26 nitrogen and oxygen atoms in total. The molecule has 1 fully saturated rings. The van der Waals surface area contributed by atoms with E-state index in [0.29, 0.717) is 11.3 Å². The molecule has 2 amide bonds. The number of H-pyrrole nitrogens is 1. The predicted octanol–water partition coefficient (Wildman–Crippen LogP) is 0.904. The quantitative estimate of drug-likeness (QED) is 0.0195. The van der Waals surface area contributed by atoms with Gasteiger partial charge in [0.25, 0.3) is 11.5 Å². The third-order valence-corrected chi connectivity index (χ3v) is 11.0. The second-order valence-corrected chi connectivity index (χ2v) is 15.8. The van der Waals surface area contributed by atoms with Gasteiger partial charge >= 0.3 is 23.5 Å². The number of aromatic nitrogens is 3. The largest absolute Gasteiger partial charge is 0.491 e. The number of carbonyl (C=O) groups excluding carboxylic acids is 2. The number of anilines is 1. The molecule has 2 aromatic heterocycles. The van der Waals surface area contributed by atoms with Gasteiger partial charge in [0.1, 0.15) is 25.2 Å². The Morgan fingerprint density at radius 3 is 2.68 bits per heavy atom. The summed E-state index contributed by atoms with van der Waals surface area (Å²) in [6, 6.07) is 6.34. The first kappa shape index (κ1) is 45.0. The Bertz CT molecular complexity index is 2250. The molecule has 57 heavy (non-hydrogen) atoms. The van der Waals surface area contributed by atoms with Gasteiger partial charge < -0.3 is 59.5 Å². The molecule has 1 aromatic carbocycles. The van der Waals surface area contributed by atoms with Crippen LogP contribution in [0.3, 0.4) is 0 Å². The number of nitrogens with one attached hydrogen (secondary N) is 3. The summed E-state index contributed by atoms with van der Waals surface area (Å²) in [7, 11) is -15.2. The van der Waals surface area contributed by atoms with E-state index in [1.165, 1.54) is 23.9 Å². The average Bonchev–Trinajstić information content (AvgIpc) is 3.74. The zero-order chi connectivity index (χ0) is 41.8. The normalized spacial score (nSPS) is 18.0. The molecule has 1 saturated heterocycles. The lowest BCUT2D eigenvalue weighted by Gasteiger charge is -2.19. The maximum atomic E-state index is 12.8. The van der Waals surface area contributed by atoms with E-state index in [9.17, 15) is 37.9 Å². The van der Waals surface area contributed by atoms with Gasteiger partial charge in [-0.2, -0.15) is 13.6 Å². The van der Waals surface area contributed by atoms with Gasteiger partial charge in [0.2, 0.25) is 11.9 Å². The number of hydrogen-bond donors (Lipinski definition) is 8. The highest BCUT2D eigenvalue weighted by Crippen LogP contribution is 2.66. The fourth-order valence-electron chi connectivity index (χ4n) is 4.93. The van der Waals surface area contributed by atoms with Crippen LogP contribution in [0.1, 0.15) is 35.0 Å². The van der Waals surface area contributed by atoms with Crippen molar-refractivity contribution in [1.29, 1.82) is 0 Å². The first-order valence-electron chi connectivity index (χ1n) is 16.2. The lowest BCUT2D eigenvalue weighted by atomic mass is 10.2. The van der Waals surface area contributed by atoms with Crippen LogP contribution < -0.4 is 26.7 Å². The summed E-state index contributed by atoms with van der Waals surface area (Å²) >= 11 is 0. The highest BCUT2D eigenvalue weighted by Gasteiger charge is 2.41. The Kier molecular flexibility index (Phi) is 15.9. The standard InChI is InChI=1S/C28H36N9O17P3/c1-31-26(39)17-4-2-6-19(12-17)50-16-22(35-36-30)49-11-10-48-15-21(38)32-9-3-5-18-13-37(25-24(18)27(40)34-28(29)33-25)23-8-7-20(52-23)14-51-56(44,45)54-57(46,47)53-55(41,42)43/h2,4,6,12-13,20,22-23H,7-11,14-16H2,1H3,(H,31,39)(H,32,38)(H,44,45)(H,46,47)(H2,41,42,43)(H3,29,33,34,40)/t20-,22?,23+/m0/s1. The highest BCUT2D eigenvalue weighted by atomic mass is 31.3.